The number of fused-ring (bicyclic) bond motifs is 2. The molecule has 2 aromatic heterocycles. The van der Waals surface area contributed by atoms with Crippen molar-refractivity contribution < 1.29 is 32.3 Å². The first-order valence-corrected chi connectivity index (χ1v) is 9.55. The van der Waals surface area contributed by atoms with Crippen LogP contribution in [0.2, 0.25) is 0 Å². The van der Waals surface area contributed by atoms with Crippen LogP contribution in [-0.4, -0.2) is 58.6 Å². The van der Waals surface area contributed by atoms with Gasteiger partial charge in [-0.05, 0) is 29.9 Å². The van der Waals surface area contributed by atoms with E-state index in [-0.39, 0.29) is 5.91 Å². The third-order valence-electron chi connectivity index (χ3n) is 4.74. The van der Waals surface area contributed by atoms with Gasteiger partial charge in [0.2, 0.25) is 0 Å². The first kappa shape index (κ1) is 20.4. The first-order chi connectivity index (χ1) is 13.2. The van der Waals surface area contributed by atoms with E-state index in [2.05, 4.69) is 9.80 Å². The molecule has 10 heteroatoms. The van der Waals surface area contributed by atoms with Gasteiger partial charge in [0.25, 0.3) is 5.91 Å². The number of carbonyl (C=O) groups is 2. The number of piperidine rings is 1. The fourth-order valence-electron chi connectivity index (χ4n) is 3.63. The molecule has 1 amide bonds. The van der Waals surface area contributed by atoms with Crippen LogP contribution in [0.1, 0.15) is 22.3 Å². The lowest BCUT2D eigenvalue weighted by molar-refractivity contribution is -0.192. The molecule has 0 saturated carbocycles. The smallest absolute Gasteiger partial charge is 0.475 e. The highest BCUT2D eigenvalue weighted by Crippen LogP contribution is 2.31. The molecule has 0 aliphatic carbocycles. The fraction of sp³-hybridized carbons (Fsp3) is 0.444. The Hall–Kier alpha value is -2.33. The molecule has 0 radical (unpaired) electrons. The van der Waals surface area contributed by atoms with Crippen LogP contribution in [0.3, 0.4) is 0 Å². The molecule has 2 aromatic rings. The Morgan fingerprint density at radius 1 is 1.25 bits per heavy atom. The van der Waals surface area contributed by atoms with Crippen molar-refractivity contribution in [3.8, 4) is 0 Å². The van der Waals surface area contributed by atoms with Gasteiger partial charge in [0.1, 0.15) is 0 Å². The van der Waals surface area contributed by atoms with Gasteiger partial charge in [0.15, 0.2) is 0 Å². The second-order valence-corrected chi connectivity index (χ2v) is 7.63. The number of nitrogens with zero attached hydrogens (tertiary/aromatic N) is 2. The quantitative estimate of drug-likeness (QED) is 0.831. The summed E-state index contributed by atoms with van der Waals surface area (Å²) >= 11 is 1.59. The maximum atomic E-state index is 12.6. The molecular weight excluding hydrogens is 397 g/mol. The second-order valence-electron chi connectivity index (χ2n) is 6.85. The lowest BCUT2D eigenvalue weighted by Crippen LogP contribution is -2.43. The van der Waals surface area contributed by atoms with Crippen molar-refractivity contribution >= 4 is 23.2 Å². The zero-order valence-corrected chi connectivity index (χ0v) is 15.6. The number of carbonyl (C=O) groups excluding carboxylic acids is 1. The van der Waals surface area contributed by atoms with Gasteiger partial charge in [-0.2, -0.15) is 24.5 Å². The Labute approximate surface area is 163 Å². The van der Waals surface area contributed by atoms with Gasteiger partial charge < -0.3 is 14.4 Å². The van der Waals surface area contributed by atoms with Crippen LogP contribution < -0.4 is 0 Å². The van der Waals surface area contributed by atoms with Crippen molar-refractivity contribution in [3.05, 3.63) is 46.5 Å². The summed E-state index contributed by atoms with van der Waals surface area (Å²) in [7, 11) is 0. The monoisotopic (exact) mass is 416 g/mol. The molecule has 2 saturated heterocycles. The summed E-state index contributed by atoms with van der Waals surface area (Å²) in [5, 5.41) is 11.1. The van der Waals surface area contributed by atoms with Gasteiger partial charge in [0.05, 0.1) is 18.1 Å². The van der Waals surface area contributed by atoms with Crippen LogP contribution >= 0.6 is 11.3 Å². The Kier molecular flexibility index (Phi) is 6.09. The number of carboxylic acid groups (broad SMARTS) is 1. The normalized spacial score (nSPS) is 21.9. The standard InChI is InChI=1S/C16H18N2O2S.C2HF3O2/c19-16(14-2-4-21-11-14)18-8-13-5-15(18)9-17(7-13)6-12-1-3-20-10-12;3-2(4,5)1(6)7/h1-4,10-11,13,15H,5-9H2;(H,6,7). The van der Waals surface area contributed by atoms with Gasteiger partial charge in [-0.25, -0.2) is 4.79 Å². The molecule has 2 atom stereocenters. The van der Waals surface area contributed by atoms with E-state index in [1.54, 1.807) is 17.6 Å². The van der Waals surface area contributed by atoms with E-state index in [0.717, 1.165) is 38.2 Å². The van der Waals surface area contributed by atoms with Gasteiger partial charge >= 0.3 is 12.1 Å². The first-order valence-electron chi connectivity index (χ1n) is 8.60. The molecule has 4 heterocycles. The van der Waals surface area contributed by atoms with Crippen LogP contribution in [0.25, 0.3) is 0 Å². The maximum Gasteiger partial charge on any atom is 0.490 e. The van der Waals surface area contributed by atoms with Crippen LogP contribution in [0, 0.1) is 5.92 Å². The number of hydrogen-bond donors (Lipinski definition) is 1. The Morgan fingerprint density at radius 2 is 2.00 bits per heavy atom. The SMILES string of the molecule is O=C(O)C(F)(F)F.O=C(c1ccsc1)N1CC2CC1CN(Cc1ccoc1)C2. The summed E-state index contributed by atoms with van der Waals surface area (Å²) < 4.78 is 36.9. The Balaban J connectivity index is 0.000000279. The summed E-state index contributed by atoms with van der Waals surface area (Å²) in [5.41, 5.74) is 2.06. The average Bonchev–Trinajstić information content (AvgIpc) is 3.36. The van der Waals surface area contributed by atoms with Crippen molar-refractivity contribution in [2.24, 2.45) is 5.92 Å². The van der Waals surface area contributed by atoms with Gasteiger partial charge in [-0.1, -0.05) is 0 Å². The van der Waals surface area contributed by atoms with Crippen LogP contribution in [0.15, 0.2) is 39.8 Å². The van der Waals surface area contributed by atoms with E-state index >= 15 is 0 Å². The molecule has 28 heavy (non-hydrogen) atoms. The molecule has 152 valence electrons. The average molecular weight is 416 g/mol. The molecule has 6 nitrogen and oxygen atoms in total. The fourth-order valence-corrected chi connectivity index (χ4v) is 4.26. The van der Waals surface area contributed by atoms with Gasteiger partial charge in [-0.3, -0.25) is 9.69 Å². The number of furan rings is 1. The largest absolute Gasteiger partial charge is 0.490 e. The molecule has 1 N–H and O–H groups in total. The predicted molar refractivity (Wildman–Crippen MR) is 94.9 cm³/mol. The minimum Gasteiger partial charge on any atom is -0.475 e. The van der Waals surface area contributed by atoms with Crippen LogP contribution in [0.4, 0.5) is 13.2 Å². The summed E-state index contributed by atoms with van der Waals surface area (Å²) in [5.74, 6) is -1.94. The van der Waals surface area contributed by atoms with Gasteiger partial charge in [-0.15, -0.1) is 0 Å². The van der Waals surface area contributed by atoms with E-state index in [0.29, 0.717) is 12.0 Å². The number of amides is 1. The van der Waals surface area contributed by atoms with E-state index in [4.69, 9.17) is 14.3 Å². The third kappa shape index (κ3) is 4.93. The molecule has 4 rings (SSSR count). The number of halogens is 3. The Morgan fingerprint density at radius 3 is 2.57 bits per heavy atom. The third-order valence-corrected chi connectivity index (χ3v) is 5.43. The number of alkyl halides is 3. The molecule has 2 aliphatic rings. The predicted octanol–water partition coefficient (Wildman–Crippen LogP) is 3.32. The molecule has 2 unspecified atom stereocenters. The molecule has 0 aromatic carbocycles. The van der Waals surface area contributed by atoms with Crippen molar-refractivity contribution in [2.75, 3.05) is 19.6 Å². The topological polar surface area (TPSA) is 74.0 Å². The molecule has 2 bridgehead atoms. The number of aliphatic carboxylic acids is 1. The summed E-state index contributed by atoms with van der Waals surface area (Å²) in [6.07, 6.45) is -0.400. The van der Waals surface area contributed by atoms with E-state index in [9.17, 15) is 18.0 Å². The van der Waals surface area contributed by atoms with Crippen molar-refractivity contribution in [2.45, 2.75) is 25.2 Å². The second kappa shape index (κ2) is 8.36. The number of hydrogen-bond acceptors (Lipinski definition) is 5. The molecular formula is C18H19F3N2O4S. The minimum absolute atomic E-state index is 0.203. The maximum absolute atomic E-state index is 12.6. The van der Waals surface area contributed by atoms with Gasteiger partial charge in [0, 0.05) is 43.2 Å². The van der Waals surface area contributed by atoms with Crippen molar-refractivity contribution in [1.29, 1.82) is 0 Å². The zero-order valence-electron chi connectivity index (χ0n) is 14.8. The molecule has 2 aliphatic heterocycles. The van der Waals surface area contributed by atoms with E-state index in [1.807, 2.05) is 29.2 Å². The zero-order chi connectivity index (χ0) is 20.3. The number of rotatable bonds is 3. The van der Waals surface area contributed by atoms with Crippen LogP contribution in [-0.2, 0) is 11.3 Å². The highest BCUT2D eigenvalue weighted by molar-refractivity contribution is 7.08. The molecule has 2 fully saturated rings. The highest BCUT2D eigenvalue weighted by Gasteiger charge is 2.41. The van der Waals surface area contributed by atoms with Crippen molar-refractivity contribution in [3.63, 3.8) is 0 Å². The van der Waals surface area contributed by atoms with Crippen molar-refractivity contribution in [1.82, 2.24) is 9.80 Å². The Bertz CT molecular complexity index is 792. The molecule has 0 spiro atoms. The lowest BCUT2D eigenvalue weighted by atomic mass is 9.99. The summed E-state index contributed by atoms with van der Waals surface area (Å²) in [6.45, 7) is 3.87. The number of likely N-dealkylation sites (tertiary alicyclic amines) is 2. The summed E-state index contributed by atoms with van der Waals surface area (Å²) in [6, 6.07) is 4.31. The summed E-state index contributed by atoms with van der Waals surface area (Å²) in [4.78, 5) is 26.0. The van der Waals surface area contributed by atoms with Crippen LogP contribution in [0.5, 0.6) is 0 Å². The van der Waals surface area contributed by atoms with E-state index in [1.165, 1.54) is 5.56 Å². The minimum atomic E-state index is -5.08. The number of carboxylic acids is 1. The highest BCUT2D eigenvalue weighted by atomic mass is 32.1. The lowest BCUT2D eigenvalue weighted by Gasteiger charge is -2.32. The number of thiophene rings is 1. The van der Waals surface area contributed by atoms with E-state index < -0.39 is 12.1 Å².